The summed E-state index contributed by atoms with van der Waals surface area (Å²) < 4.78 is 0.842. The molecule has 0 spiro atoms. The summed E-state index contributed by atoms with van der Waals surface area (Å²) in [5.41, 5.74) is 8.07. The van der Waals surface area contributed by atoms with E-state index in [0.29, 0.717) is 10.6 Å². The molecule has 3 N–H and O–H groups in total. The summed E-state index contributed by atoms with van der Waals surface area (Å²) in [5, 5.41) is 3.62. The zero-order valence-corrected chi connectivity index (χ0v) is 13.2. The number of carbonyl (C=O) groups is 1. The maximum atomic E-state index is 11.7. The van der Waals surface area contributed by atoms with Gasteiger partial charge in [-0.1, -0.05) is 39.7 Å². The fraction of sp³-hybridized carbons (Fsp3) is 0.133. The maximum absolute atomic E-state index is 11.7. The molecule has 0 bridgehead atoms. The van der Waals surface area contributed by atoms with Crippen molar-refractivity contribution in [3.63, 3.8) is 0 Å². The van der Waals surface area contributed by atoms with Crippen molar-refractivity contribution in [1.82, 2.24) is 0 Å². The van der Waals surface area contributed by atoms with Gasteiger partial charge in [0.2, 0.25) is 5.91 Å². The van der Waals surface area contributed by atoms with E-state index in [1.807, 2.05) is 37.3 Å². The molecule has 0 radical (unpaired) electrons. The zero-order chi connectivity index (χ0) is 14.7. The van der Waals surface area contributed by atoms with E-state index in [0.717, 1.165) is 15.7 Å². The van der Waals surface area contributed by atoms with Crippen molar-refractivity contribution in [2.24, 2.45) is 5.73 Å². The van der Waals surface area contributed by atoms with Crippen LogP contribution in [0.5, 0.6) is 0 Å². The SMILES string of the molecule is Cc1cccc(NC(C(N)=O)c2cc(Br)ccc2Cl)c1. The predicted octanol–water partition coefficient (Wildman–Crippen LogP) is 4.05. The Hall–Kier alpha value is -1.52. The van der Waals surface area contributed by atoms with Gasteiger partial charge in [-0.25, -0.2) is 0 Å². The van der Waals surface area contributed by atoms with Gasteiger partial charge in [-0.05, 0) is 42.8 Å². The average molecular weight is 354 g/mol. The number of primary amides is 1. The van der Waals surface area contributed by atoms with E-state index in [9.17, 15) is 4.79 Å². The fourth-order valence-corrected chi connectivity index (χ4v) is 2.54. The lowest BCUT2D eigenvalue weighted by atomic mass is 10.1. The van der Waals surface area contributed by atoms with Gasteiger partial charge in [0.25, 0.3) is 0 Å². The minimum Gasteiger partial charge on any atom is -0.370 e. The third-order valence-corrected chi connectivity index (χ3v) is 3.72. The van der Waals surface area contributed by atoms with E-state index < -0.39 is 11.9 Å². The molecule has 0 aliphatic rings. The molecule has 1 unspecified atom stereocenters. The molecule has 0 saturated heterocycles. The number of anilines is 1. The standard InChI is InChI=1S/C15H14BrClN2O/c1-9-3-2-4-11(7-9)19-14(15(18)20)12-8-10(16)5-6-13(12)17/h2-8,14,19H,1H3,(H2,18,20). The second-order valence-electron chi connectivity index (χ2n) is 4.52. The number of hydrogen-bond acceptors (Lipinski definition) is 2. The lowest BCUT2D eigenvalue weighted by Crippen LogP contribution is -2.28. The third-order valence-electron chi connectivity index (χ3n) is 2.88. The van der Waals surface area contributed by atoms with Crippen LogP contribution in [0.3, 0.4) is 0 Å². The van der Waals surface area contributed by atoms with Crippen molar-refractivity contribution in [1.29, 1.82) is 0 Å². The Labute approximate surface area is 131 Å². The molecular weight excluding hydrogens is 340 g/mol. The monoisotopic (exact) mass is 352 g/mol. The Morgan fingerprint density at radius 3 is 2.70 bits per heavy atom. The van der Waals surface area contributed by atoms with Crippen molar-refractivity contribution in [2.45, 2.75) is 13.0 Å². The van der Waals surface area contributed by atoms with Gasteiger partial charge < -0.3 is 11.1 Å². The number of hydrogen-bond donors (Lipinski definition) is 2. The molecule has 0 aliphatic heterocycles. The summed E-state index contributed by atoms with van der Waals surface area (Å²) in [7, 11) is 0. The van der Waals surface area contributed by atoms with Gasteiger partial charge in [-0.15, -0.1) is 0 Å². The number of nitrogens with one attached hydrogen (secondary N) is 1. The molecule has 0 heterocycles. The number of halogens is 2. The van der Waals surface area contributed by atoms with Gasteiger partial charge in [0.1, 0.15) is 6.04 Å². The molecule has 0 saturated carbocycles. The summed E-state index contributed by atoms with van der Waals surface area (Å²) in [6.45, 7) is 1.98. The highest BCUT2D eigenvalue weighted by Gasteiger charge is 2.20. The Bertz CT molecular complexity index is 646. The van der Waals surface area contributed by atoms with Crippen LogP contribution in [0.25, 0.3) is 0 Å². The number of rotatable bonds is 4. The second-order valence-corrected chi connectivity index (χ2v) is 5.84. The molecule has 0 fully saturated rings. The van der Waals surface area contributed by atoms with Crippen LogP contribution in [-0.4, -0.2) is 5.91 Å². The first kappa shape index (κ1) is 14.9. The number of aryl methyl sites for hydroxylation is 1. The summed E-state index contributed by atoms with van der Waals surface area (Å²) in [6, 6.07) is 12.4. The van der Waals surface area contributed by atoms with Crippen molar-refractivity contribution in [3.05, 3.63) is 63.1 Å². The molecule has 0 aliphatic carbocycles. The highest BCUT2D eigenvalue weighted by atomic mass is 79.9. The molecule has 1 amide bonds. The lowest BCUT2D eigenvalue weighted by Gasteiger charge is -2.19. The number of benzene rings is 2. The van der Waals surface area contributed by atoms with Crippen LogP contribution >= 0.6 is 27.5 Å². The van der Waals surface area contributed by atoms with Crippen molar-refractivity contribution < 1.29 is 4.79 Å². The van der Waals surface area contributed by atoms with Crippen LogP contribution < -0.4 is 11.1 Å². The summed E-state index contributed by atoms with van der Waals surface area (Å²) in [5.74, 6) is -0.480. The first-order valence-corrected chi connectivity index (χ1v) is 7.22. The predicted molar refractivity (Wildman–Crippen MR) is 85.9 cm³/mol. The average Bonchev–Trinajstić information content (AvgIpc) is 2.39. The van der Waals surface area contributed by atoms with E-state index in [1.54, 1.807) is 12.1 Å². The zero-order valence-electron chi connectivity index (χ0n) is 10.9. The summed E-state index contributed by atoms with van der Waals surface area (Å²) in [4.78, 5) is 11.7. The van der Waals surface area contributed by atoms with Crippen molar-refractivity contribution in [2.75, 3.05) is 5.32 Å². The molecule has 20 heavy (non-hydrogen) atoms. The largest absolute Gasteiger partial charge is 0.370 e. The lowest BCUT2D eigenvalue weighted by molar-refractivity contribution is -0.118. The summed E-state index contributed by atoms with van der Waals surface area (Å²) in [6.07, 6.45) is 0. The first-order valence-electron chi connectivity index (χ1n) is 6.05. The number of carbonyl (C=O) groups excluding carboxylic acids is 1. The Balaban J connectivity index is 2.37. The van der Waals surface area contributed by atoms with Gasteiger partial charge in [0.15, 0.2) is 0 Å². The Morgan fingerprint density at radius 2 is 2.05 bits per heavy atom. The molecule has 3 nitrogen and oxygen atoms in total. The summed E-state index contributed by atoms with van der Waals surface area (Å²) >= 11 is 9.54. The van der Waals surface area contributed by atoms with Gasteiger partial charge in [-0.2, -0.15) is 0 Å². The normalized spacial score (nSPS) is 11.9. The van der Waals surface area contributed by atoms with Crippen LogP contribution in [-0.2, 0) is 4.79 Å². The van der Waals surface area contributed by atoms with Crippen LogP contribution in [0.2, 0.25) is 5.02 Å². The number of amides is 1. The molecule has 2 aromatic rings. The van der Waals surface area contributed by atoms with Crippen molar-refractivity contribution >= 4 is 39.1 Å². The van der Waals surface area contributed by atoms with Gasteiger partial charge in [0.05, 0.1) is 0 Å². The number of nitrogens with two attached hydrogens (primary N) is 1. The van der Waals surface area contributed by atoms with Gasteiger partial charge in [-0.3, -0.25) is 4.79 Å². The van der Waals surface area contributed by atoms with Crippen LogP contribution in [0.4, 0.5) is 5.69 Å². The van der Waals surface area contributed by atoms with E-state index in [1.165, 1.54) is 0 Å². The smallest absolute Gasteiger partial charge is 0.244 e. The fourth-order valence-electron chi connectivity index (χ4n) is 1.94. The highest BCUT2D eigenvalue weighted by Crippen LogP contribution is 2.29. The second kappa shape index (κ2) is 6.29. The van der Waals surface area contributed by atoms with Crippen LogP contribution in [0, 0.1) is 6.92 Å². The van der Waals surface area contributed by atoms with Crippen LogP contribution in [0.15, 0.2) is 46.9 Å². The molecule has 104 valence electrons. The molecule has 2 aromatic carbocycles. The molecule has 2 rings (SSSR count). The minimum atomic E-state index is -0.679. The maximum Gasteiger partial charge on any atom is 0.244 e. The molecule has 5 heteroatoms. The van der Waals surface area contributed by atoms with Gasteiger partial charge >= 0.3 is 0 Å². The molecular formula is C15H14BrClN2O. The quantitative estimate of drug-likeness (QED) is 0.871. The van der Waals surface area contributed by atoms with E-state index >= 15 is 0 Å². The van der Waals surface area contributed by atoms with E-state index in [4.69, 9.17) is 17.3 Å². The highest BCUT2D eigenvalue weighted by molar-refractivity contribution is 9.10. The van der Waals surface area contributed by atoms with Crippen molar-refractivity contribution in [3.8, 4) is 0 Å². The topological polar surface area (TPSA) is 55.1 Å². The third kappa shape index (κ3) is 3.52. The van der Waals surface area contributed by atoms with E-state index in [-0.39, 0.29) is 0 Å². The molecule has 1 atom stereocenters. The Morgan fingerprint density at radius 1 is 1.30 bits per heavy atom. The van der Waals surface area contributed by atoms with Crippen LogP contribution in [0.1, 0.15) is 17.2 Å². The first-order chi connectivity index (χ1) is 9.47. The van der Waals surface area contributed by atoms with E-state index in [2.05, 4.69) is 21.2 Å². The Kier molecular flexibility index (Phi) is 4.68. The molecule has 0 aromatic heterocycles. The van der Waals surface area contributed by atoms with Gasteiger partial charge in [0, 0.05) is 20.7 Å². The minimum absolute atomic E-state index is 0.480.